The highest BCUT2D eigenvalue weighted by molar-refractivity contribution is 6.05. The van der Waals surface area contributed by atoms with Crippen molar-refractivity contribution in [3.05, 3.63) is 0 Å². The third-order valence-corrected chi connectivity index (χ3v) is 2.86. The van der Waals surface area contributed by atoms with Crippen LogP contribution in [-0.2, 0) is 19.1 Å². The average molecular weight is 214 g/mol. The van der Waals surface area contributed by atoms with Crippen LogP contribution in [0.25, 0.3) is 0 Å². The number of ketones is 1. The van der Waals surface area contributed by atoms with Gasteiger partial charge in [0.25, 0.3) is 0 Å². The van der Waals surface area contributed by atoms with Crippen molar-refractivity contribution in [1.29, 1.82) is 0 Å². The molecule has 15 heavy (non-hydrogen) atoms. The standard InChI is InChI=1S/C10H14O5/c1-7(11)10(5-3-4-6-10)8(12)15-9(13)14-2/h3-6H2,1-2H3. The van der Waals surface area contributed by atoms with Crippen molar-refractivity contribution in [3.8, 4) is 0 Å². The van der Waals surface area contributed by atoms with Crippen LogP contribution in [0.5, 0.6) is 0 Å². The number of rotatable bonds is 2. The van der Waals surface area contributed by atoms with E-state index >= 15 is 0 Å². The largest absolute Gasteiger partial charge is 0.515 e. The Kier molecular flexibility index (Phi) is 3.44. The van der Waals surface area contributed by atoms with Gasteiger partial charge in [-0.1, -0.05) is 12.8 Å². The minimum Gasteiger partial charge on any atom is -0.437 e. The van der Waals surface area contributed by atoms with E-state index in [1.165, 1.54) is 6.92 Å². The summed E-state index contributed by atoms with van der Waals surface area (Å²) < 4.78 is 8.64. The van der Waals surface area contributed by atoms with Crippen LogP contribution < -0.4 is 0 Å². The van der Waals surface area contributed by atoms with E-state index < -0.39 is 17.5 Å². The fourth-order valence-corrected chi connectivity index (χ4v) is 1.89. The predicted octanol–water partition coefficient (Wildman–Crippen LogP) is 1.45. The Morgan fingerprint density at radius 2 is 1.67 bits per heavy atom. The van der Waals surface area contributed by atoms with Crippen molar-refractivity contribution < 1.29 is 23.9 Å². The number of esters is 1. The molecule has 0 aromatic carbocycles. The van der Waals surface area contributed by atoms with Crippen LogP contribution in [0.1, 0.15) is 32.6 Å². The zero-order valence-corrected chi connectivity index (χ0v) is 8.87. The molecule has 0 aromatic heterocycles. The molecule has 0 bridgehead atoms. The summed E-state index contributed by atoms with van der Waals surface area (Å²) in [5, 5.41) is 0. The molecule has 0 unspecified atom stereocenters. The Labute approximate surface area is 87.7 Å². The maximum Gasteiger partial charge on any atom is 0.515 e. The minimum absolute atomic E-state index is 0.242. The molecule has 84 valence electrons. The van der Waals surface area contributed by atoms with E-state index in [4.69, 9.17) is 0 Å². The lowest BCUT2D eigenvalue weighted by Crippen LogP contribution is -2.38. The predicted molar refractivity (Wildman–Crippen MR) is 50.1 cm³/mol. The summed E-state index contributed by atoms with van der Waals surface area (Å²) >= 11 is 0. The number of hydrogen-bond acceptors (Lipinski definition) is 5. The van der Waals surface area contributed by atoms with Crippen molar-refractivity contribution in [2.45, 2.75) is 32.6 Å². The third kappa shape index (κ3) is 2.16. The number of ether oxygens (including phenoxy) is 2. The molecule has 0 aliphatic heterocycles. The molecular formula is C10H14O5. The number of carbonyl (C=O) groups excluding carboxylic acids is 3. The summed E-state index contributed by atoms with van der Waals surface area (Å²) in [4.78, 5) is 33.8. The molecule has 0 atom stereocenters. The third-order valence-electron chi connectivity index (χ3n) is 2.86. The van der Waals surface area contributed by atoms with Gasteiger partial charge in [0.2, 0.25) is 0 Å². The second-order valence-corrected chi connectivity index (χ2v) is 3.69. The second kappa shape index (κ2) is 4.42. The molecule has 0 radical (unpaired) electrons. The maximum absolute atomic E-state index is 11.6. The van der Waals surface area contributed by atoms with Crippen LogP contribution in [0.4, 0.5) is 4.79 Å². The quantitative estimate of drug-likeness (QED) is 0.514. The Morgan fingerprint density at radius 3 is 2.07 bits per heavy atom. The van der Waals surface area contributed by atoms with E-state index in [2.05, 4.69) is 9.47 Å². The lowest BCUT2D eigenvalue weighted by atomic mass is 9.82. The van der Waals surface area contributed by atoms with Gasteiger partial charge >= 0.3 is 12.1 Å². The molecular weight excluding hydrogens is 200 g/mol. The van der Waals surface area contributed by atoms with Gasteiger partial charge in [0.15, 0.2) is 0 Å². The first-order valence-electron chi connectivity index (χ1n) is 4.84. The van der Waals surface area contributed by atoms with E-state index in [9.17, 15) is 14.4 Å². The fourth-order valence-electron chi connectivity index (χ4n) is 1.89. The maximum atomic E-state index is 11.6. The first kappa shape index (κ1) is 11.7. The van der Waals surface area contributed by atoms with Crippen LogP contribution in [0.15, 0.2) is 0 Å². The van der Waals surface area contributed by atoms with E-state index in [1.807, 2.05) is 0 Å². The van der Waals surface area contributed by atoms with Crippen LogP contribution in [-0.4, -0.2) is 25.0 Å². The molecule has 0 amide bonds. The number of methoxy groups -OCH3 is 1. The number of Topliss-reactive ketones (excluding diaryl/α,β-unsaturated/α-hetero) is 1. The number of hydrogen-bond donors (Lipinski definition) is 0. The molecule has 0 spiro atoms. The summed E-state index contributed by atoms with van der Waals surface area (Å²) in [7, 11) is 1.12. The van der Waals surface area contributed by atoms with Crippen molar-refractivity contribution in [3.63, 3.8) is 0 Å². The summed E-state index contributed by atoms with van der Waals surface area (Å²) in [6.45, 7) is 1.35. The highest BCUT2D eigenvalue weighted by atomic mass is 16.7. The highest BCUT2D eigenvalue weighted by Gasteiger charge is 2.47. The lowest BCUT2D eigenvalue weighted by molar-refractivity contribution is -0.155. The Hall–Kier alpha value is -1.39. The first-order valence-corrected chi connectivity index (χ1v) is 4.84. The zero-order chi connectivity index (χ0) is 11.5. The number of carbonyl (C=O) groups is 3. The monoisotopic (exact) mass is 214 g/mol. The van der Waals surface area contributed by atoms with Crippen LogP contribution >= 0.6 is 0 Å². The molecule has 0 aromatic rings. The average Bonchev–Trinajstić information content (AvgIpc) is 2.67. The van der Waals surface area contributed by atoms with Crippen molar-refractivity contribution in [1.82, 2.24) is 0 Å². The molecule has 0 heterocycles. The SMILES string of the molecule is COC(=O)OC(=O)C1(C(C)=O)CCCC1. The molecule has 0 N–H and O–H groups in total. The molecule has 1 aliphatic carbocycles. The van der Waals surface area contributed by atoms with Gasteiger partial charge in [-0.05, 0) is 19.8 Å². The van der Waals surface area contributed by atoms with Gasteiger partial charge in [0, 0.05) is 0 Å². The van der Waals surface area contributed by atoms with Crippen molar-refractivity contribution in [2.24, 2.45) is 5.41 Å². The minimum atomic E-state index is -1.12. The molecule has 5 heteroatoms. The van der Waals surface area contributed by atoms with Gasteiger partial charge in [-0.25, -0.2) is 4.79 Å². The van der Waals surface area contributed by atoms with E-state index in [0.717, 1.165) is 20.0 Å². The Bertz CT molecular complexity index is 288. The summed E-state index contributed by atoms with van der Waals surface area (Å²) in [5.41, 5.74) is -1.12. The normalized spacial score (nSPS) is 18.3. The van der Waals surface area contributed by atoms with Gasteiger partial charge in [0.1, 0.15) is 11.2 Å². The lowest BCUT2D eigenvalue weighted by Gasteiger charge is -2.21. The van der Waals surface area contributed by atoms with Gasteiger partial charge in [0.05, 0.1) is 7.11 Å². The zero-order valence-electron chi connectivity index (χ0n) is 8.87. The van der Waals surface area contributed by atoms with Gasteiger partial charge in [-0.3, -0.25) is 9.59 Å². The molecule has 1 saturated carbocycles. The summed E-state index contributed by atoms with van der Waals surface area (Å²) in [5.74, 6) is -1.02. The van der Waals surface area contributed by atoms with Crippen molar-refractivity contribution >= 4 is 17.9 Å². The highest BCUT2D eigenvalue weighted by Crippen LogP contribution is 2.40. The molecule has 1 aliphatic rings. The summed E-state index contributed by atoms with van der Waals surface area (Å²) in [6.07, 6.45) is 1.45. The van der Waals surface area contributed by atoms with Crippen LogP contribution in [0, 0.1) is 5.41 Å². The van der Waals surface area contributed by atoms with E-state index in [1.54, 1.807) is 0 Å². The summed E-state index contributed by atoms with van der Waals surface area (Å²) in [6, 6.07) is 0. The van der Waals surface area contributed by atoms with E-state index in [-0.39, 0.29) is 5.78 Å². The van der Waals surface area contributed by atoms with Gasteiger partial charge in [-0.15, -0.1) is 0 Å². The second-order valence-electron chi connectivity index (χ2n) is 3.69. The topological polar surface area (TPSA) is 69.7 Å². The van der Waals surface area contributed by atoms with Gasteiger partial charge in [-0.2, -0.15) is 0 Å². The molecule has 0 saturated heterocycles. The van der Waals surface area contributed by atoms with Crippen LogP contribution in [0.2, 0.25) is 0 Å². The smallest absolute Gasteiger partial charge is 0.437 e. The Morgan fingerprint density at radius 1 is 1.13 bits per heavy atom. The molecule has 1 rings (SSSR count). The molecule has 5 nitrogen and oxygen atoms in total. The van der Waals surface area contributed by atoms with Crippen LogP contribution in [0.3, 0.4) is 0 Å². The van der Waals surface area contributed by atoms with E-state index in [0.29, 0.717) is 12.8 Å². The van der Waals surface area contributed by atoms with Crippen molar-refractivity contribution in [2.75, 3.05) is 7.11 Å². The fraction of sp³-hybridized carbons (Fsp3) is 0.700. The Balaban J connectivity index is 2.77. The molecule has 1 fully saturated rings. The van der Waals surface area contributed by atoms with Gasteiger partial charge < -0.3 is 9.47 Å². The first-order chi connectivity index (χ1) is 7.03.